The summed E-state index contributed by atoms with van der Waals surface area (Å²) in [6, 6.07) is 12.5. The molecule has 25 heavy (non-hydrogen) atoms. The number of thiazole rings is 1. The highest BCUT2D eigenvalue weighted by molar-refractivity contribution is 7.12. The molecule has 3 aromatic rings. The van der Waals surface area contributed by atoms with Crippen LogP contribution in [0.25, 0.3) is 11.3 Å². The van der Waals surface area contributed by atoms with Gasteiger partial charge in [-0.1, -0.05) is 42.8 Å². The van der Waals surface area contributed by atoms with Crippen LogP contribution in [0, 0.1) is 13.8 Å². The van der Waals surface area contributed by atoms with Crippen molar-refractivity contribution in [3.8, 4) is 11.3 Å². The van der Waals surface area contributed by atoms with E-state index in [-0.39, 0.29) is 11.9 Å². The zero-order valence-corrected chi connectivity index (χ0v) is 16.3. The molecule has 0 radical (unpaired) electrons. The lowest BCUT2D eigenvalue weighted by molar-refractivity contribution is -0.121. The molecule has 0 aliphatic heterocycles. The second kappa shape index (κ2) is 7.93. The van der Waals surface area contributed by atoms with Gasteiger partial charge in [-0.2, -0.15) is 0 Å². The Morgan fingerprint density at radius 3 is 2.60 bits per heavy atom. The highest BCUT2D eigenvalue weighted by atomic mass is 32.1. The molecular formula is C20H22N2OS2. The number of carbonyl (C=O) groups is 1. The summed E-state index contributed by atoms with van der Waals surface area (Å²) in [5.74, 6) is 0.0530. The number of hydrogen-bond acceptors (Lipinski definition) is 4. The number of nitrogens with one attached hydrogen (secondary N) is 1. The van der Waals surface area contributed by atoms with E-state index in [1.54, 1.807) is 22.7 Å². The van der Waals surface area contributed by atoms with Gasteiger partial charge >= 0.3 is 0 Å². The van der Waals surface area contributed by atoms with Gasteiger partial charge in [0.25, 0.3) is 0 Å². The highest BCUT2D eigenvalue weighted by Gasteiger charge is 2.18. The zero-order valence-electron chi connectivity index (χ0n) is 14.7. The molecule has 0 spiro atoms. The standard InChI is InChI=1S/C20H22N2OS2/c1-4-16(17-6-5-11-24-17)22-19(23)12-18-20(21-14(3)25-18)15-9-7-13(2)8-10-15/h5-11,16H,4,12H2,1-3H3,(H,22,23). The van der Waals surface area contributed by atoms with Crippen LogP contribution in [0.4, 0.5) is 0 Å². The van der Waals surface area contributed by atoms with E-state index in [2.05, 4.69) is 54.5 Å². The molecule has 0 aliphatic rings. The number of carbonyl (C=O) groups excluding carboxylic acids is 1. The van der Waals surface area contributed by atoms with Crippen molar-refractivity contribution in [2.75, 3.05) is 0 Å². The van der Waals surface area contributed by atoms with Crippen LogP contribution in [0.2, 0.25) is 0 Å². The third-order valence-electron chi connectivity index (χ3n) is 4.08. The number of aromatic nitrogens is 1. The molecule has 0 saturated heterocycles. The number of hydrogen-bond donors (Lipinski definition) is 1. The summed E-state index contributed by atoms with van der Waals surface area (Å²) in [5.41, 5.74) is 3.22. The molecule has 1 amide bonds. The molecule has 2 aromatic heterocycles. The first-order valence-corrected chi connectivity index (χ1v) is 10.1. The smallest absolute Gasteiger partial charge is 0.225 e. The van der Waals surface area contributed by atoms with Crippen molar-refractivity contribution >= 4 is 28.6 Å². The highest BCUT2D eigenvalue weighted by Crippen LogP contribution is 2.29. The van der Waals surface area contributed by atoms with Crippen molar-refractivity contribution in [2.45, 2.75) is 39.7 Å². The Balaban J connectivity index is 1.76. The lowest BCUT2D eigenvalue weighted by Gasteiger charge is -2.15. The minimum atomic E-state index is 0.0530. The predicted octanol–water partition coefficient (Wildman–Crippen LogP) is 5.30. The summed E-state index contributed by atoms with van der Waals surface area (Å²) in [6.45, 7) is 6.16. The van der Waals surface area contributed by atoms with Crippen molar-refractivity contribution in [2.24, 2.45) is 0 Å². The SMILES string of the molecule is CCC(NC(=O)Cc1sc(C)nc1-c1ccc(C)cc1)c1cccs1. The fourth-order valence-corrected chi connectivity index (χ4v) is 4.60. The molecule has 0 aliphatic carbocycles. The quantitative estimate of drug-likeness (QED) is 0.640. The third kappa shape index (κ3) is 4.35. The molecule has 5 heteroatoms. The molecule has 0 fully saturated rings. The van der Waals surface area contributed by atoms with E-state index < -0.39 is 0 Å². The maximum Gasteiger partial charge on any atom is 0.225 e. The van der Waals surface area contributed by atoms with Gasteiger partial charge in [0.15, 0.2) is 0 Å². The predicted molar refractivity (Wildman–Crippen MR) is 106 cm³/mol. The van der Waals surface area contributed by atoms with Gasteiger partial charge < -0.3 is 5.32 Å². The van der Waals surface area contributed by atoms with Crippen LogP contribution in [0.15, 0.2) is 41.8 Å². The number of aryl methyl sites for hydroxylation is 2. The first-order valence-electron chi connectivity index (χ1n) is 8.43. The number of rotatable bonds is 6. The summed E-state index contributed by atoms with van der Waals surface area (Å²) < 4.78 is 0. The van der Waals surface area contributed by atoms with Crippen LogP contribution in [-0.4, -0.2) is 10.9 Å². The first kappa shape index (κ1) is 17.8. The van der Waals surface area contributed by atoms with E-state index in [0.717, 1.165) is 27.6 Å². The average molecular weight is 371 g/mol. The summed E-state index contributed by atoms with van der Waals surface area (Å²) in [6.07, 6.45) is 1.26. The third-order valence-corrected chi connectivity index (χ3v) is 6.04. The van der Waals surface area contributed by atoms with Gasteiger partial charge in [-0.15, -0.1) is 22.7 Å². The van der Waals surface area contributed by atoms with Crippen LogP contribution in [0.5, 0.6) is 0 Å². The summed E-state index contributed by atoms with van der Waals surface area (Å²) in [4.78, 5) is 19.5. The van der Waals surface area contributed by atoms with Gasteiger partial charge in [-0.25, -0.2) is 4.98 Å². The Bertz CT molecular complexity index is 835. The first-order chi connectivity index (χ1) is 12.1. The number of benzene rings is 1. The second-order valence-corrected chi connectivity index (χ2v) is 8.36. The van der Waals surface area contributed by atoms with Gasteiger partial charge in [0.05, 0.1) is 23.2 Å². The van der Waals surface area contributed by atoms with Gasteiger partial charge in [-0.05, 0) is 31.7 Å². The van der Waals surface area contributed by atoms with E-state index >= 15 is 0 Å². The zero-order chi connectivity index (χ0) is 17.8. The van der Waals surface area contributed by atoms with Crippen LogP contribution in [0.1, 0.15) is 39.7 Å². The molecule has 1 aromatic carbocycles. The normalized spacial score (nSPS) is 12.1. The van der Waals surface area contributed by atoms with E-state index in [9.17, 15) is 4.79 Å². The largest absolute Gasteiger partial charge is 0.348 e. The maximum atomic E-state index is 12.6. The Morgan fingerprint density at radius 2 is 1.96 bits per heavy atom. The Morgan fingerprint density at radius 1 is 1.20 bits per heavy atom. The van der Waals surface area contributed by atoms with Crippen molar-refractivity contribution in [3.05, 3.63) is 62.1 Å². The monoisotopic (exact) mass is 370 g/mol. The minimum absolute atomic E-state index is 0.0530. The summed E-state index contributed by atoms with van der Waals surface area (Å²) in [5, 5.41) is 6.20. The lowest BCUT2D eigenvalue weighted by Crippen LogP contribution is -2.28. The van der Waals surface area contributed by atoms with Crippen LogP contribution in [0.3, 0.4) is 0 Å². The van der Waals surface area contributed by atoms with Crippen molar-refractivity contribution in [1.29, 1.82) is 0 Å². The Labute approximate surface area is 156 Å². The van der Waals surface area contributed by atoms with E-state index in [1.807, 2.05) is 18.4 Å². The van der Waals surface area contributed by atoms with E-state index in [4.69, 9.17) is 0 Å². The molecule has 0 bridgehead atoms. The molecule has 1 atom stereocenters. The number of amides is 1. The van der Waals surface area contributed by atoms with Gasteiger partial charge in [0, 0.05) is 15.3 Å². The van der Waals surface area contributed by atoms with E-state index in [0.29, 0.717) is 6.42 Å². The van der Waals surface area contributed by atoms with Gasteiger partial charge in [0.2, 0.25) is 5.91 Å². The van der Waals surface area contributed by atoms with Crippen LogP contribution < -0.4 is 5.32 Å². The minimum Gasteiger partial charge on any atom is -0.348 e. The molecule has 3 rings (SSSR count). The molecule has 3 nitrogen and oxygen atoms in total. The average Bonchev–Trinajstić information content (AvgIpc) is 3.23. The summed E-state index contributed by atoms with van der Waals surface area (Å²) in [7, 11) is 0. The molecule has 0 saturated carbocycles. The molecular weight excluding hydrogens is 348 g/mol. The topological polar surface area (TPSA) is 42.0 Å². The van der Waals surface area contributed by atoms with Gasteiger partial charge in [-0.3, -0.25) is 4.79 Å². The van der Waals surface area contributed by atoms with Crippen molar-refractivity contribution in [3.63, 3.8) is 0 Å². The van der Waals surface area contributed by atoms with Crippen molar-refractivity contribution in [1.82, 2.24) is 10.3 Å². The molecule has 2 heterocycles. The van der Waals surface area contributed by atoms with Gasteiger partial charge in [0.1, 0.15) is 0 Å². The number of thiophene rings is 1. The Hall–Kier alpha value is -1.98. The molecule has 1 unspecified atom stereocenters. The van der Waals surface area contributed by atoms with E-state index in [1.165, 1.54) is 10.4 Å². The molecule has 130 valence electrons. The fourth-order valence-electron chi connectivity index (χ4n) is 2.78. The van der Waals surface area contributed by atoms with Crippen molar-refractivity contribution < 1.29 is 4.79 Å². The van der Waals surface area contributed by atoms with Crippen LogP contribution in [-0.2, 0) is 11.2 Å². The van der Waals surface area contributed by atoms with Crippen LogP contribution >= 0.6 is 22.7 Å². The fraction of sp³-hybridized carbons (Fsp3) is 0.300. The Kier molecular flexibility index (Phi) is 5.66. The maximum absolute atomic E-state index is 12.6. The second-order valence-electron chi connectivity index (χ2n) is 6.09. The number of nitrogens with zero attached hydrogens (tertiary/aromatic N) is 1. The summed E-state index contributed by atoms with van der Waals surface area (Å²) >= 11 is 3.29. The lowest BCUT2D eigenvalue weighted by atomic mass is 10.1. The molecule has 1 N–H and O–H groups in total.